The van der Waals surface area contributed by atoms with Crippen molar-refractivity contribution in [3.05, 3.63) is 48.3 Å². The van der Waals surface area contributed by atoms with Crippen LogP contribution in [0.5, 0.6) is 0 Å². The van der Waals surface area contributed by atoms with Gasteiger partial charge in [0.15, 0.2) is 0 Å². The largest absolute Gasteiger partial charge is 0.467 e. The van der Waals surface area contributed by atoms with Crippen LogP contribution in [0.3, 0.4) is 0 Å². The summed E-state index contributed by atoms with van der Waals surface area (Å²) in [7, 11) is 0. The van der Waals surface area contributed by atoms with Gasteiger partial charge in [0.2, 0.25) is 0 Å². The number of amides is 1. The quantitative estimate of drug-likeness (QED) is 0.809. The molecule has 0 saturated carbocycles. The summed E-state index contributed by atoms with van der Waals surface area (Å²) in [5.74, 6) is 0.986. The smallest absolute Gasteiger partial charge is 0.405 e. The maximum atomic E-state index is 10.6. The highest BCUT2D eigenvalue weighted by Gasteiger charge is 2.21. The second kappa shape index (κ2) is 3.91. The molecule has 0 unspecified atom stereocenters. The second-order valence-corrected chi connectivity index (χ2v) is 2.91. The predicted octanol–water partition coefficient (Wildman–Crippen LogP) is 2.23. The molecule has 78 valence electrons. The van der Waals surface area contributed by atoms with Gasteiger partial charge in [-0.1, -0.05) is 0 Å². The van der Waals surface area contributed by atoms with E-state index in [-0.39, 0.29) is 0 Å². The van der Waals surface area contributed by atoms with E-state index in [1.165, 1.54) is 12.5 Å². The third-order valence-electron chi connectivity index (χ3n) is 1.92. The maximum Gasteiger partial charge on any atom is 0.405 e. The molecule has 0 aliphatic heterocycles. The molecular formula is C10H9NO4. The van der Waals surface area contributed by atoms with Crippen molar-refractivity contribution in [2.24, 2.45) is 0 Å². The number of carboxylic acid groups (broad SMARTS) is 1. The second-order valence-electron chi connectivity index (χ2n) is 2.91. The van der Waals surface area contributed by atoms with Crippen molar-refractivity contribution in [2.45, 2.75) is 6.04 Å². The summed E-state index contributed by atoms with van der Waals surface area (Å²) in [5.41, 5.74) is 0. The zero-order valence-electron chi connectivity index (χ0n) is 7.71. The van der Waals surface area contributed by atoms with Gasteiger partial charge in [-0.3, -0.25) is 0 Å². The number of hydrogen-bond acceptors (Lipinski definition) is 3. The summed E-state index contributed by atoms with van der Waals surface area (Å²) < 4.78 is 10.3. The lowest BCUT2D eigenvalue weighted by Gasteiger charge is -2.11. The maximum absolute atomic E-state index is 10.6. The van der Waals surface area contributed by atoms with Crippen LogP contribution in [0, 0.1) is 0 Å². The van der Waals surface area contributed by atoms with Crippen LogP contribution in [-0.2, 0) is 0 Å². The van der Waals surface area contributed by atoms with Crippen molar-refractivity contribution in [1.82, 2.24) is 5.32 Å². The molecule has 0 aliphatic rings. The number of furan rings is 2. The molecule has 2 rings (SSSR count). The SMILES string of the molecule is O=C(O)NC(c1ccco1)c1ccco1. The molecule has 2 heterocycles. The summed E-state index contributed by atoms with van der Waals surface area (Å²) in [5, 5.41) is 11.0. The minimum absolute atomic E-state index is 0.493. The predicted molar refractivity (Wildman–Crippen MR) is 50.4 cm³/mol. The molecule has 0 fully saturated rings. The minimum Gasteiger partial charge on any atom is -0.467 e. The van der Waals surface area contributed by atoms with Crippen LogP contribution >= 0.6 is 0 Å². The van der Waals surface area contributed by atoms with E-state index in [0.717, 1.165) is 0 Å². The third-order valence-corrected chi connectivity index (χ3v) is 1.92. The lowest BCUT2D eigenvalue weighted by atomic mass is 10.2. The molecule has 2 aromatic heterocycles. The number of hydrogen-bond donors (Lipinski definition) is 2. The van der Waals surface area contributed by atoms with Gasteiger partial charge in [-0.25, -0.2) is 4.79 Å². The Morgan fingerprint density at radius 1 is 1.20 bits per heavy atom. The fourth-order valence-corrected chi connectivity index (χ4v) is 1.32. The van der Waals surface area contributed by atoms with E-state index in [0.29, 0.717) is 11.5 Å². The molecule has 1 amide bonds. The fourth-order valence-electron chi connectivity index (χ4n) is 1.32. The zero-order valence-corrected chi connectivity index (χ0v) is 7.71. The van der Waals surface area contributed by atoms with Crippen LogP contribution in [0.15, 0.2) is 45.6 Å². The van der Waals surface area contributed by atoms with Gasteiger partial charge in [0.25, 0.3) is 0 Å². The zero-order chi connectivity index (χ0) is 10.7. The molecule has 2 aromatic rings. The van der Waals surface area contributed by atoms with Gasteiger partial charge in [0.05, 0.1) is 12.5 Å². The first-order chi connectivity index (χ1) is 7.27. The molecular weight excluding hydrogens is 198 g/mol. The molecule has 0 radical (unpaired) electrons. The van der Waals surface area contributed by atoms with Gasteiger partial charge < -0.3 is 19.3 Å². The van der Waals surface area contributed by atoms with E-state index < -0.39 is 12.1 Å². The van der Waals surface area contributed by atoms with Crippen LogP contribution in [0.4, 0.5) is 4.79 Å². The molecule has 0 bridgehead atoms. The van der Waals surface area contributed by atoms with E-state index in [9.17, 15) is 4.79 Å². The Bertz CT molecular complexity index is 384. The van der Waals surface area contributed by atoms with Crippen LogP contribution in [0.2, 0.25) is 0 Å². The Kier molecular flexibility index (Phi) is 2.45. The molecule has 0 aliphatic carbocycles. The first kappa shape index (κ1) is 9.39. The lowest BCUT2D eigenvalue weighted by molar-refractivity contribution is 0.188. The Labute approximate surface area is 85.3 Å². The van der Waals surface area contributed by atoms with E-state index in [4.69, 9.17) is 13.9 Å². The molecule has 0 aromatic carbocycles. The fraction of sp³-hybridized carbons (Fsp3) is 0.100. The summed E-state index contributed by atoms with van der Waals surface area (Å²) in [6, 6.07) is 6.14. The van der Waals surface area contributed by atoms with Gasteiger partial charge in [0, 0.05) is 0 Å². The lowest BCUT2D eigenvalue weighted by Crippen LogP contribution is -2.26. The summed E-state index contributed by atoms with van der Waals surface area (Å²) in [4.78, 5) is 10.6. The third kappa shape index (κ3) is 2.01. The topological polar surface area (TPSA) is 75.6 Å². The highest BCUT2D eigenvalue weighted by atomic mass is 16.4. The van der Waals surface area contributed by atoms with Gasteiger partial charge >= 0.3 is 6.09 Å². The monoisotopic (exact) mass is 207 g/mol. The van der Waals surface area contributed by atoms with Crippen molar-refractivity contribution < 1.29 is 18.7 Å². The van der Waals surface area contributed by atoms with Crippen LogP contribution in [0.25, 0.3) is 0 Å². The average molecular weight is 207 g/mol. The van der Waals surface area contributed by atoms with E-state index in [2.05, 4.69) is 5.32 Å². The first-order valence-corrected chi connectivity index (χ1v) is 4.33. The van der Waals surface area contributed by atoms with Crippen LogP contribution < -0.4 is 5.32 Å². The van der Waals surface area contributed by atoms with Crippen LogP contribution in [-0.4, -0.2) is 11.2 Å². The molecule has 0 spiro atoms. The molecule has 5 heteroatoms. The summed E-state index contributed by atoms with van der Waals surface area (Å²) in [6.07, 6.45) is 1.83. The van der Waals surface area contributed by atoms with Gasteiger partial charge in [-0.05, 0) is 24.3 Å². The molecule has 15 heavy (non-hydrogen) atoms. The van der Waals surface area contributed by atoms with E-state index in [1.54, 1.807) is 24.3 Å². The standard InChI is InChI=1S/C10H9NO4/c12-10(13)11-9(7-3-1-5-14-7)8-4-2-6-15-8/h1-6,9,11H,(H,12,13). The van der Waals surface area contributed by atoms with Crippen molar-refractivity contribution >= 4 is 6.09 Å². The Balaban J connectivity index is 2.29. The first-order valence-electron chi connectivity index (χ1n) is 4.33. The van der Waals surface area contributed by atoms with Crippen molar-refractivity contribution in [3.8, 4) is 0 Å². The number of carbonyl (C=O) groups is 1. The highest BCUT2D eigenvalue weighted by Crippen LogP contribution is 2.22. The Hall–Kier alpha value is -2.17. The summed E-state index contributed by atoms with van der Waals surface area (Å²) in [6.45, 7) is 0. The van der Waals surface area contributed by atoms with Gasteiger partial charge in [-0.2, -0.15) is 0 Å². The van der Waals surface area contributed by atoms with Crippen LogP contribution in [0.1, 0.15) is 17.6 Å². The normalized spacial score (nSPS) is 10.5. The van der Waals surface area contributed by atoms with Crippen molar-refractivity contribution in [1.29, 1.82) is 0 Å². The van der Waals surface area contributed by atoms with Crippen molar-refractivity contribution in [2.75, 3.05) is 0 Å². The Morgan fingerprint density at radius 3 is 2.07 bits per heavy atom. The van der Waals surface area contributed by atoms with Gasteiger partial charge in [0.1, 0.15) is 17.6 Å². The molecule has 2 N–H and O–H groups in total. The van der Waals surface area contributed by atoms with Crippen molar-refractivity contribution in [3.63, 3.8) is 0 Å². The average Bonchev–Trinajstić information content (AvgIpc) is 2.87. The number of nitrogens with one attached hydrogen (secondary N) is 1. The molecule has 0 atom stereocenters. The van der Waals surface area contributed by atoms with E-state index >= 15 is 0 Å². The highest BCUT2D eigenvalue weighted by molar-refractivity contribution is 5.65. The number of rotatable bonds is 3. The molecule has 0 saturated heterocycles. The van der Waals surface area contributed by atoms with E-state index in [1.807, 2.05) is 0 Å². The molecule has 5 nitrogen and oxygen atoms in total. The Morgan fingerprint density at radius 2 is 1.73 bits per heavy atom. The minimum atomic E-state index is -1.13. The van der Waals surface area contributed by atoms with Gasteiger partial charge in [-0.15, -0.1) is 0 Å². The summed E-state index contributed by atoms with van der Waals surface area (Å²) >= 11 is 0.